The van der Waals surface area contributed by atoms with Crippen LogP contribution >= 0.6 is 0 Å². The molecule has 0 radical (unpaired) electrons. The molecule has 1 heterocycles. The van der Waals surface area contributed by atoms with E-state index >= 15 is 0 Å². The fraction of sp³-hybridized carbons (Fsp3) is 0.0612. The summed E-state index contributed by atoms with van der Waals surface area (Å²) in [5, 5.41) is 4.48. The second kappa shape index (κ2) is 11.3. The Kier molecular flexibility index (Phi) is 6.56. The lowest BCUT2D eigenvalue weighted by Crippen LogP contribution is -2.14. The molecule has 0 aliphatic heterocycles. The molecule has 10 rings (SSSR count). The Hall–Kier alpha value is -6.38. The van der Waals surface area contributed by atoms with Crippen LogP contribution in [-0.4, -0.2) is 0 Å². The zero-order valence-electron chi connectivity index (χ0n) is 28.6. The van der Waals surface area contributed by atoms with Gasteiger partial charge in [0, 0.05) is 38.3 Å². The second-order valence-corrected chi connectivity index (χ2v) is 14.1. The second-order valence-electron chi connectivity index (χ2n) is 14.1. The van der Waals surface area contributed by atoms with Crippen molar-refractivity contribution in [3.63, 3.8) is 0 Å². The van der Waals surface area contributed by atoms with E-state index in [-0.39, 0.29) is 5.41 Å². The molecule has 0 atom stereocenters. The molecule has 1 aromatic heterocycles. The summed E-state index contributed by atoms with van der Waals surface area (Å²) in [4.78, 5) is 2.36. The molecule has 0 saturated carbocycles. The fourth-order valence-electron chi connectivity index (χ4n) is 8.47. The van der Waals surface area contributed by atoms with Gasteiger partial charge in [-0.1, -0.05) is 147 Å². The van der Waals surface area contributed by atoms with Gasteiger partial charge in [0.25, 0.3) is 0 Å². The highest BCUT2D eigenvalue weighted by Crippen LogP contribution is 2.54. The van der Waals surface area contributed by atoms with Gasteiger partial charge in [-0.3, -0.25) is 0 Å². The lowest BCUT2D eigenvalue weighted by Gasteiger charge is -2.27. The van der Waals surface area contributed by atoms with Gasteiger partial charge in [0.2, 0.25) is 0 Å². The Bertz CT molecular complexity index is 2720. The maximum atomic E-state index is 6.81. The Balaban J connectivity index is 1.24. The number of furan rings is 1. The Labute approximate surface area is 297 Å². The molecule has 0 saturated heterocycles. The summed E-state index contributed by atoms with van der Waals surface area (Å²) in [6, 6.07) is 63.4. The zero-order valence-corrected chi connectivity index (χ0v) is 28.6. The van der Waals surface area contributed by atoms with E-state index in [0.717, 1.165) is 49.8 Å². The summed E-state index contributed by atoms with van der Waals surface area (Å²) in [6.45, 7) is 4.71. The van der Waals surface area contributed by atoms with Crippen LogP contribution in [0.25, 0.3) is 66.1 Å². The van der Waals surface area contributed by atoms with E-state index in [1.165, 1.54) is 44.5 Å². The number of para-hydroxylation sites is 2. The van der Waals surface area contributed by atoms with Gasteiger partial charge in [0.1, 0.15) is 11.2 Å². The van der Waals surface area contributed by atoms with Crippen LogP contribution in [0.15, 0.2) is 180 Å². The van der Waals surface area contributed by atoms with Crippen LogP contribution in [0, 0.1) is 0 Å². The van der Waals surface area contributed by atoms with Crippen LogP contribution in [0.5, 0.6) is 0 Å². The molecular weight excluding hydrogens is 619 g/mol. The molecule has 0 fully saturated rings. The SMILES string of the molecule is CC1(C)c2ccc(-c3cccc4oc5c6ccccc6c(N(c6ccccc6)c6ccccc6)cc5c34)cc2-c2c(-c3ccccc3)cccc21. The van der Waals surface area contributed by atoms with E-state index in [9.17, 15) is 0 Å². The maximum absolute atomic E-state index is 6.81. The van der Waals surface area contributed by atoms with Crippen molar-refractivity contribution in [2.24, 2.45) is 0 Å². The summed E-state index contributed by atoms with van der Waals surface area (Å²) in [6.07, 6.45) is 0. The lowest BCUT2D eigenvalue weighted by atomic mass is 9.81. The van der Waals surface area contributed by atoms with E-state index in [1.54, 1.807) is 0 Å². The summed E-state index contributed by atoms with van der Waals surface area (Å²) in [5.41, 5.74) is 15.3. The molecule has 2 heteroatoms. The predicted molar refractivity (Wildman–Crippen MR) is 214 cm³/mol. The van der Waals surface area contributed by atoms with Gasteiger partial charge in [-0.05, 0) is 87.0 Å². The van der Waals surface area contributed by atoms with Crippen LogP contribution < -0.4 is 4.90 Å². The molecule has 0 amide bonds. The minimum absolute atomic E-state index is 0.103. The van der Waals surface area contributed by atoms with Crippen molar-refractivity contribution in [3.05, 3.63) is 187 Å². The number of rotatable bonds is 5. The monoisotopic (exact) mass is 653 g/mol. The van der Waals surface area contributed by atoms with Crippen molar-refractivity contribution >= 4 is 49.8 Å². The van der Waals surface area contributed by atoms with Crippen LogP contribution in [0.1, 0.15) is 25.0 Å². The molecule has 2 nitrogen and oxygen atoms in total. The number of fused-ring (bicyclic) bond motifs is 8. The molecule has 0 bridgehead atoms. The Morgan fingerprint density at radius 2 is 1.08 bits per heavy atom. The smallest absolute Gasteiger partial charge is 0.143 e. The Morgan fingerprint density at radius 3 is 1.80 bits per heavy atom. The first kappa shape index (κ1) is 29.5. The van der Waals surface area contributed by atoms with E-state index in [1.807, 2.05) is 0 Å². The van der Waals surface area contributed by atoms with E-state index in [0.29, 0.717) is 0 Å². The number of hydrogen-bond acceptors (Lipinski definition) is 2. The summed E-state index contributed by atoms with van der Waals surface area (Å²) < 4.78 is 6.81. The van der Waals surface area contributed by atoms with Gasteiger partial charge >= 0.3 is 0 Å². The van der Waals surface area contributed by atoms with Gasteiger partial charge in [0.05, 0.1) is 5.69 Å². The predicted octanol–water partition coefficient (Wildman–Crippen LogP) is 13.8. The average Bonchev–Trinajstić information content (AvgIpc) is 3.68. The Morgan fingerprint density at radius 1 is 0.451 bits per heavy atom. The third-order valence-electron chi connectivity index (χ3n) is 10.8. The van der Waals surface area contributed by atoms with E-state index in [2.05, 4.69) is 195 Å². The molecule has 51 heavy (non-hydrogen) atoms. The molecule has 242 valence electrons. The molecule has 0 N–H and O–H groups in total. The summed E-state index contributed by atoms with van der Waals surface area (Å²) in [5.74, 6) is 0. The fourth-order valence-corrected chi connectivity index (χ4v) is 8.47. The molecule has 8 aromatic carbocycles. The van der Waals surface area contributed by atoms with Crippen molar-refractivity contribution in [2.75, 3.05) is 4.90 Å². The molecule has 0 unspecified atom stereocenters. The highest BCUT2D eigenvalue weighted by atomic mass is 16.3. The third kappa shape index (κ3) is 4.50. The number of anilines is 3. The first-order valence-electron chi connectivity index (χ1n) is 17.7. The van der Waals surface area contributed by atoms with Crippen molar-refractivity contribution in [2.45, 2.75) is 19.3 Å². The standard InChI is InChI=1S/C49H35NO/c1-49(2)42-29-28-33(30-40(42)46-36(24-14-26-43(46)49)32-16-6-3-7-17-32)37-25-15-27-45-47(37)41-31-44(38-22-12-13-23-39(38)48(41)51-45)50(34-18-8-4-9-19-34)35-20-10-5-11-21-35/h3-31H,1-2H3. The molecular formula is C49H35NO. The molecule has 0 spiro atoms. The third-order valence-corrected chi connectivity index (χ3v) is 10.8. The number of nitrogens with zero attached hydrogens (tertiary/aromatic N) is 1. The van der Waals surface area contributed by atoms with Gasteiger partial charge in [0.15, 0.2) is 0 Å². The molecule has 1 aliphatic carbocycles. The normalized spacial score (nSPS) is 13.1. The van der Waals surface area contributed by atoms with Crippen LogP contribution in [0.3, 0.4) is 0 Å². The van der Waals surface area contributed by atoms with Crippen LogP contribution in [0.2, 0.25) is 0 Å². The average molecular weight is 654 g/mol. The highest BCUT2D eigenvalue weighted by Gasteiger charge is 2.37. The van der Waals surface area contributed by atoms with Crippen molar-refractivity contribution in [3.8, 4) is 33.4 Å². The topological polar surface area (TPSA) is 16.4 Å². The minimum atomic E-state index is -0.103. The van der Waals surface area contributed by atoms with Crippen molar-refractivity contribution < 1.29 is 4.42 Å². The van der Waals surface area contributed by atoms with Crippen LogP contribution in [0.4, 0.5) is 17.1 Å². The van der Waals surface area contributed by atoms with E-state index in [4.69, 9.17) is 4.42 Å². The number of benzene rings is 8. The van der Waals surface area contributed by atoms with Gasteiger partial charge in [-0.2, -0.15) is 0 Å². The largest absolute Gasteiger partial charge is 0.455 e. The lowest BCUT2D eigenvalue weighted by molar-refractivity contribution is 0.660. The summed E-state index contributed by atoms with van der Waals surface area (Å²) in [7, 11) is 0. The number of hydrogen-bond donors (Lipinski definition) is 0. The molecule has 9 aromatic rings. The van der Waals surface area contributed by atoms with Gasteiger partial charge < -0.3 is 9.32 Å². The van der Waals surface area contributed by atoms with Crippen molar-refractivity contribution in [1.29, 1.82) is 0 Å². The van der Waals surface area contributed by atoms with Gasteiger partial charge in [-0.25, -0.2) is 0 Å². The quantitative estimate of drug-likeness (QED) is 0.184. The maximum Gasteiger partial charge on any atom is 0.143 e. The molecule has 1 aliphatic rings. The highest BCUT2D eigenvalue weighted by molar-refractivity contribution is 6.22. The zero-order chi connectivity index (χ0) is 34.1. The first-order chi connectivity index (χ1) is 25.1. The van der Waals surface area contributed by atoms with Gasteiger partial charge in [-0.15, -0.1) is 0 Å². The van der Waals surface area contributed by atoms with Crippen LogP contribution in [-0.2, 0) is 5.41 Å². The van der Waals surface area contributed by atoms with Crippen molar-refractivity contribution in [1.82, 2.24) is 0 Å². The van der Waals surface area contributed by atoms with E-state index < -0.39 is 0 Å². The summed E-state index contributed by atoms with van der Waals surface area (Å²) >= 11 is 0. The first-order valence-corrected chi connectivity index (χ1v) is 17.7. The minimum Gasteiger partial charge on any atom is -0.455 e.